The van der Waals surface area contributed by atoms with Gasteiger partial charge in [0.2, 0.25) is 25.9 Å². The van der Waals surface area contributed by atoms with Gasteiger partial charge in [-0.2, -0.15) is 9.10 Å². The number of sulfonamides is 2. The van der Waals surface area contributed by atoms with Crippen LogP contribution < -0.4 is 30.0 Å². The first-order chi connectivity index (χ1) is 29.2. The summed E-state index contributed by atoms with van der Waals surface area (Å²) >= 11 is 0. The molecule has 2 aromatic heterocycles. The second kappa shape index (κ2) is 19.2. The number of rotatable bonds is 19. The molecule has 6 rings (SSSR count). The Kier molecular flexibility index (Phi) is 13.8. The highest BCUT2D eigenvalue weighted by atomic mass is 32.2. The number of hydrogen-bond donors (Lipinski definition) is 5. The number of aliphatic hydroxyl groups is 1. The van der Waals surface area contributed by atoms with Crippen LogP contribution in [-0.4, -0.2) is 103 Å². The number of amides is 1. The van der Waals surface area contributed by atoms with E-state index in [9.17, 15) is 18.3 Å². The van der Waals surface area contributed by atoms with Crippen molar-refractivity contribution in [3.8, 4) is 39.8 Å². The summed E-state index contributed by atoms with van der Waals surface area (Å²) in [5.41, 5.74) is 8.57. The van der Waals surface area contributed by atoms with Crippen LogP contribution in [0.3, 0.4) is 0 Å². The maximum absolute atomic E-state index is 15.7. The molecule has 6 N–H and O–H groups in total. The van der Waals surface area contributed by atoms with Gasteiger partial charge in [0.05, 0.1) is 51.4 Å². The number of nitrogen functional groups attached to an aromatic ring is 1. The molecule has 0 saturated carbocycles. The van der Waals surface area contributed by atoms with Crippen LogP contribution >= 0.6 is 0 Å². The van der Waals surface area contributed by atoms with Crippen LogP contribution in [0.1, 0.15) is 16.7 Å². The van der Waals surface area contributed by atoms with Gasteiger partial charge in [-0.05, 0) is 76.0 Å². The molecular weight excluding hydrogens is 831 g/mol. The third-order valence-electron chi connectivity index (χ3n) is 9.34. The highest BCUT2D eigenvalue weighted by Gasteiger charge is 2.38. The molecule has 6 aromatic rings. The summed E-state index contributed by atoms with van der Waals surface area (Å²) in [5.74, 6) is 1.43. The van der Waals surface area contributed by atoms with Crippen LogP contribution in [0.4, 0.5) is 10.5 Å². The first kappa shape index (κ1) is 43.9. The number of tetrazole rings is 1. The van der Waals surface area contributed by atoms with Crippen molar-refractivity contribution in [1.29, 1.82) is 0 Å². The standard InChI is InChI=1S/C40H43N9O10S2/c1-57-30-10-4-26(5-11-30)23-48(24-27-6-12-31(58-2)13-7-27)61(55,56)38-36(60(53,54)44-21-29(50)20-43-40(51)52)17-16-34(33-18-19-42-22-35(33)41)37(38)39-45-47-49(46-39)25-28-8-14-32(59-3)15-9-28/h4-19,22,29,43-44,50H,20-21,23-25,41H2,1-3H3,(H,51,52). The zero-order chi connectivity index (χ0) is 43.7. The zero-order valence-electron chi connectivity index (χ0n) is 33.2. The summed E-state index contributed by atoms with van der Waals surface area (Å²) in [4.78, 5) is 14.9. The molecule has 0 aliphatic rings. The van der Waals surface area contributed by atoms with Gasteiger partial charge in [0.15, 0.2) is 0 Å². The predicted molar refractivity (Wildman–Crippen MR) is 223 cm³/mol. The van der Waals surface area contributed by atoms with Crippen LogP contribution in [0.5, 0.6) is 17.2 Å². The minimum Gasteiger partial charge on any atom is -0.497 e. The molecule has 0 bridgehead atoms. The number of pyridine rings is 1. The molecule has 320 valence electrons. The van der Waals surface area contributed by atoms with E-state index in [-0.39, 0.29) is 47.8 Å². The topological polar surface area (TPSA) is 263 Å². The highest BCUT2D eigenvalue weighted by Crippen LogP contribution is 2.42. The number of nitrogens with one attached hydrogen (secondary N) is 2. The SMILES string of the molecule is COc1ccc(CN(Cc2ccc(OC)cc2)S(=O)(=O)c2c(S(=O)(=O)NCC(O)CNC(=O)O)ccc(-c3ccncc3N)c2-c2nnn(Cc3ccc(OC)cc3)n2)cc1. The molecule has 0 fully saturated rings. The predicted octanol–water partition coefficient (Wildman–Crippen LogP) is 3.36. The van der Waals surface area contributed by atoms with E-state index in [1.165, 1.54) is 50.7 Å². The van der Waals surface area contributed by atoms with Gasteiger partial charge in [-0.3, -0.25) is 4.98 Å². The molecule has 0 spiro atoms. The second-order valence-corrected chi connectivity index (χ2v) is 17.0. The summed E-state index contributed by atoms with van der Waals surface area (Å²) in [5, 5.41) is 34.6. The molecule has 2 heterocycles. The molecular formula is C40H43N9O10S2. The van der Waals surface area contributed by atoms with Gasteiger partial charge >= 0.3 is 6.09 Å². The van der Waals surface area contributed by atoms with Gasteiger partial charge < -0.3 is 35.5 Å². The first-order valence-corrected chi connectivity index (χ1v) is 21.3. The zero-order valence-corrected chi connectivity index (χ0v) is 34.8. The van der Waals surface area contributed by atoms with Crippen molar-refractivity contribution in [1.82, 2.24) is 39.5 Å². The van der Waals surface area contributed by atoms with E-state index in [0.717, 1.165) is 15.9 Å². The molecule has 4 aromatic carbocycles. The van der Waals surface area contributed by atoms with Crippen LogP contribution in [0.15, 0.2) is 113 Å². The largest absolute Gasteiger partial charge is 0.497 e. The Bertz CT molecular complexity index is 2630. The van der Waals surface area contributed by atoms with E-state index in [1.54, 1.807) is 72.8 Å². The fraction of sp³-hybridized carbons (Fsp3) is 0.225. The van der Waals surface area contributed by atoms with Crippen LogP contribution in [-0.2, 0) is 39.7 Å². The number of hydrogen-bond acceptors (Lipinski definition) is 14. The number of nitrogens with two attached hydrogens (primary N) is 1. The average molecular weight is 874 g/mol. The number of carbonyl (C=O) groups is 1. The normalized spacial score (nSPS) is 12.2. The number of benzene rings is 4. The van der Waals surface area contributed by atoms with Crippen molar-refractivity contribution < 1.29 is 46.1 Å². The van der Waals surface area contributed by atoms with Crippen LogP contribution in [0, 0.1) is 0 Å². The lowest BCUT2D eigenvalue weighted by Gasteiger charge is -2.26. The van der Waals surface area contributed by atoms with Gasteiger partial charge in [-0.15, -0.1) is 10.2 Å². The minimum absolute atomic E-state index is 0.0919. The smallest absolute Gasteiger partial charge is 0.404 e. The van der Waals surface area contributed by atoms with Crippen LogP contribution in [0.2, 0.25) is 0 Å². The van der Waals surface area contributed by atoms with Crippen molar-refractivity contribution in [2.45, 2.75) is 35.5 Å². The first-order valence-electron chi connectivity index (χ1n) is 18.4. The molecule has 1 amide bonds. The van der Waals surface area contributed by atoms with Crippen LogP contribution in [0.25, 0.3) is 22.5 Å². The fourth-order valence-electron chi connectivity index (χ4n) is 6.22. The quantitative estimate of drug-likeness (QED) is 0.0782. The molecule has 21 heteroatoms. The lowest BCUT2D eigenvalue weighted by Crippen LogP contribution is -2.40. The highest BCUT2D eigenvalue weighted by molar-refractivity contribution is 7.92. The Morgan fingerprint density at radius 3 is 1.87 bits per heavy atom. The molecule has 61 heavy (non-hydrogen) atoms. The number of ether oxygens (including phenoxy) is 3. The van der Waals surface area contributed by atoms with Crippen molar-refractivity contribution in [3.05, 3.63) is 120 Å². The monoisotopic (exact) mass is 873 g/mol. The third-order valence-corrected chi connectivity index (χ3v) is 12.8. The number of aromatic nitrogens is 5. The second-order valence-electron chi connectivity index (χ2n) is 13.4. The van der Waals surface area contributed by atoms with Crippen molar-refractivity contribution in [2.75, 3.05) is 40.2 Å². The lowest BCUT2D eigenvalue weighted by atomic mass is 9.99. The molecule has 19 nitrogen and oxygen atoms in total. The van der Waals surface area contributed by atoms with Gasteiger partial charge in [-0.25, -0.2) is 26.4 Å². The van der Waals surface area contributed by atoms with E-state index in [4.69, 9.17) is 25.1 Å². The van der Waals surface area contributed by atoms with Crippen molar-refractivity contribution in [2.24, 2.45) is 0 Å². The minimum atomic E-state index is -4.97. The molecule has 0 aliphatic carbocycles. The van der Waals surface area contributed by atoms with Crippen molar-refractivity contribution >= 4 is 31.8 Å². The summed E-state index contributed by atoms with van der Waals surface area (Å²) in [6.07, 6.45) is -0.162. The maximum atomic E-state index is 15.7. The van der Waals surface area contributed by atoms with E-state index < -0.39 is 55.1 Å². The third kappa shape index (κ3) is 10.6. The fourth-order valence-corrected chi connectivity index (χ4v) is 9.70. The Balaban J connectivity index is 1.60. The number of anilines is 1. The lowest BCUT2D eigenvalue weighted by molar-refractivity contribution is 0.159. The molecule has 0 aliphatic heterocycles. The molecule has 1 atom stereocenters. The number of methoxy groups -OCH3 is 3. The van der Waals surface area contributed by atoms with E-state index in [0.29, 0.717) is 28.4 Å². The number of nitrogens with zero attached hydrogens (tertiary/aromatic N) is 6. The van der Waals surface area contributed by atoms with E-state index in [1.807, 2.05) is 5.32 Å². The molecule has 0 saturated heterocycles. The van der Waals surface area contributed by atoms with Gasteiger partial charge in [-0.1, -0.05) is 42.5 Å². The summed E-state index contributed by atoms with van der Waals surface area (Å²) in [6, 6.07) is 24.5. The van der Waals surface area contributed by atoms with Crippen molar-refractivity contribution in [3.63, 3.8) is 0 Å². The molecule has 1 unspecified atom stereocenters. The number of carboxylic acid groups (broad SMARTS) is 1. The van der Waals surface area contributed by atoms with Gasteiger partial charge in [0.25, 0.3) is 0 Å². The van der Waals surface area contributed by atoms with E-state index in [2.05, 4.69) is 25.1 Å². The average Bonchev–Trinajstić information content (AvgIpc) is 3.73. The summed E-state index contributed by atoms with van der Waals surface area (Å²) in [7, 11) is -5.29. The van der Waals surface area contributed by atoms with Gasteiger partial charge in [0, 0.05) is 37.9 Å². The molecule has 0 radical (unpaired) electrons. The Morgan fingerprint density at radius 1 is 0.787 bits per heavy atom. The van der Waals surface area contributed by atoms with E-state index >= 15 is 8.42 Å². The maximum Gasteiger partial charge on any atom is 0.404 e. The summed E-state index contributed by atoms with van der Waals surface area (Å²) < 4.78 is 79.6. The summed E-state index contributed by atoms with van der Waals surface area (Å²) in [6.45, 7) is -1.61. The Hall–Kier alpha value is -6.65. The van der Waals surface area contributed by atoms with Gasteiger partial charge in [0.1, 0.15) is 27.0 Å². The number of aliphatic hydroxyl groups excluding tert-OH is 1. The Labute approximate surface area is 351 Å². The Morgan fingerprint density at radius 2 is 1.34 bits per heavy atom.